The molecule has 0 unspecified atom stereocenters. The zero-order valence-electron chi connectivity index (χ0n) is 23.1. The number of nitrogens with zero attached hydrogens (tertiary/aromatic N) is 2. The molecule has 0 atom stereocenters. The number of rotatable bonds is 16. The number of azo groups is 1. The lowest BCUT2D eigenvalue weighted by Crippen LogP contribution is -2.57. The third kappa shape index (κ3) is 7.39. The maximum Gasteiger partial charge on any atom is 0.539 e. The van der Waals surface area contributed by atoms with Crippen LogP contribution in [0.1, 0.15) is 52.7 Å². The van der Waals surface area contributed by atoms with Gasteiger partial charge in [0.25, 0.3) is 0 Å². The average molecular weight is 535 g/mol. The molecule has 0 radical (unpaired) electrons. The van der Waals surface area contributed by atoms with E-state index in [0.29, 0.717) is 51.0 Å². The first-order chi connectivity index (χ1) is 17.3. The molecular weight excluding hydrogens is 492 g/mol. The Bertz CT molecular complexity index is 877. The molecule has 0 aromatic heterocycles. The fourth-order valence-corrected chi connectivity index (χ4v) is 9.35. The van der Waals surface area contributed by atoms with Crippen molar-refractivity contribution in [3.8, 4) is 0 Å². The van der Waals surface area contributed by atoms with Crippen LogP contribution in [0, 0.1) is 13.8 Å². The minimum absolute atomic E-state index is 0.462. The largest absolute Gasteiger partial charge is 0.539 e. The van der Waals surface area contributed by atoms with Gasteiger partial charge in [-0.15, -0.1) is 0 Å². The molecule has 0 spiro atoms. The predicted octanol–water partition coefficient (Wildman–Crippen LogP) is 5.23. The van der Waals surface area contributed by atoms with Gasteiger partial charge >= 0.3 is 17.6 Å². The third-order valence-electron chi connectivity index (χ3n) is 5.24. The van der Waals surface area contributed by atoms with Gasteiger partial charge in [0.05, 0.1) is 21.7 Å². The molecule has 0 bridgehead atoms. The lowest BCUT2D eigenvalue weighted by molar-refractivity contribution is 0.0852. The molecule has 0 aliphatic rings. The van der Waals surface area contributed by atoms with Crippen LogP contribution in [-0.4, -0.2) is 57.3 Å². The molecule has 0 aliphatic carbocycles. The molecule has 200 valence electrons. The summed E-state index contributed by atoms with van der Waals surface area (Å²) < 4.78 is 37.0. The van der Waals surface area contributed by atoms with Crippen LogP contribution in [0.4, 0.5) is 11.4 Å². The van der Waals surface area contributed by atoms with E-state index < -0.39 is 17.6 Å². The van der Waals surface area contributed by atoms with Crippen molar-refractivity contribution in [1.29, 1.82) is 0 Å². The molecule has 0 fully saturated rings. The SMILES string of the molecule is CCO[Si](OCC)(OCC)c1cc(C)ccc1N=Nc1ccc(C)cc1[Si](OCC)(OCC)OCC. The van der Waals surface area contributed by atoms with E-state index in [-0.39, 0.29) is 0 Å². The van der Waals surface area contributed by atoms with Crippen molar-refractivity contribution >= 4 is 39.4 Å². The Morgan fingerprint density at radius 2 is 0.778 bits per heavy atom. The van der Waals surface area contributed by atoms with Crippen molar-refractivity contribution in [2.75, 3.05) is 39.6 Å². The monoisotopic (exact) mass is 534 g/mol. The normalized spacial score (nSPS) is 12.6. The lowest BCUT2D eigenvalue weighted by Gasteiger charge is -2.30. The summed E-state index contributed by atoms with van der Waals surface area (Å²) >= 11 is 0. The predicted molar refractivity (Wildman–Crippen MR) is 147 cm³/mol. The zero-order valence-corrected chi connectivity index (χ0v) is 25.1. The Balaban J connectivity index is 2.68. The summed E-state index contributed by atoms with van der Waals surface area (Å²) in [5.74, 6) is 0. The summed E-state index contributed by atoms with van der Waals surface area (Å²) in [6.07, 6.45) is 0. The summed E-state index contributed by atoms with van der Waals surface area (Å²) in [5, 5.41) is 11.0. The Morgan fingerprint density at radius 1 is 0.500 bits per heavy atom. The van der Waals surface area contributed by atoms with Gasteiger partial charge in [0.15, 0.2) is 0 Å². The minimum Gasteiger partial charge on any atom is -0.370 e. The van der Waals surface area contributed by atoms with Gasteiger partial charge in [-0.3, -0.25) is 0 Å². The van der Waals surface area contributed by atoms with Crippen LogP contribution in [0.3, 0.4) is 0 Å². The Kier molecular flexibility index (Phi) is 12.6. The summed E-state index contributed by atoms with van der Waals surface area (Å²) in [6.45, 7) is 18.5. The van der Waals surface area contributed by atoms with E-state index in [1.54, 1.807) is 0 Å². The third-order valence-corrected chi connectivity index (χ3v) is 11.4. The molecule has 0 heterocycles. The Labute approximate surface area is 218 Å². The molecule has 2 aromatic rings. The highest BCUT2D eigenvalue weighted by atomic mass is 28.4. The first-order valence-corrected chi connectivity index (χ1v) is 16.3. The molecule has 8 nitrogen and oxygen atoms in total. The fourth-order valence-electron chi connectivity index (χ4n) is 3.93. The van der Waals surface area contributed by atoms with Crippen molar-refractivity contribution in [2.24, 2.45) is 10.2 Å². The smallest absolute Gasteiger partial charge is 0.370 e. The Morgan fingerprint density at radius 3 is 1.03 bits per heavy atom. The van der Waals surface area contributed by atoms with Gasteiger partial charge in [0.1, 0.15) is 0 Å². The van der Waals surface area contributed by atoms with Gasteiger partial charge in [-0.1, -0.05) is 35.4 Å². The number of hydrogen-bond acceptors (Lipinski definition) is 8. The van der Waals surface area contributed by atoms with Gasteiger partial charge in [0.2, 0.25) is 0 Å². The minimum atomic E-state index is -3.20. The average Bonchev–Trinajstić information content (AvgIpc) is 2.84. The quantitative estimate of drug-likeness (QED) is 0.217. The maximum atomic E-state index is 6.17. The fraction of sp³-hybridized carbons (Fsp3) is 0.538. The van der Waals surface area contributed by atoms with Crippen LogP contribution in [0.5, 0.6) is 0 Å². The van der Waals surface area contributed by atoms with Gasteiger partial charge in [0, 0.05) is 39.6 Å². The van der Waals surface area contributed by atoms with E-state index >= 15 is 0 Å². The van der Waals surface area contributed by atoms with Crippen molar-refractivity contribution in [2.45, 2.75) is 55.4 Å². The molecule has 0 aliphatic heterocycles. The molecule has 2 aromatic carbocycles. The van der Waals surface area contributed by atoms with Crippen molar-refractivity contribution in [3.05, 3.63) is 47.5 Å². The number of hydrogen-bond donors (Lipinski definition) is 0. The highest BCUT2D eigenvalue weighted by Crippen LogP contribution is 2.25. The second-order valence-corrected chi connectivity index (χ2v) is 13.0. The van der Waals surface area contributed by atoms with Crippen LogP contribution < -0.4 is 10.4 Å². The second-order valence-electron chi connectivity index (χ2n) is 7.95. The van der Waals surface area contributed by atoms with Crippen LogP contribution in [0.15, 0.2) is 46.6 Å². The Hall–Kier alpha value is -1.77. The molecule has 10 heteroatoms. The van der Waals surface area contributed by atoms with Gasteiger partial charge in [-0.05, 0) is 67.5 Å². The highest BCUT2D eigenvalue weighted by molar-refractivity contribution is 6.77. The van der Waals surface area contributed by atoms with E-state index in [1.165, 1.54) is 0 Å². The van der Waals surface area contributed by atoms with Crippen LogP contribution >= 0.6 is 0 Å². The van der Waals surface area contributed by atoms with Crippen LogP contribution in [0.25, 0.3) is 0 Å². The zero-order chi connectivity index (χ0) is 26.6. The van der Waals surface area contributed by atoms with E-state index in [0.717, 1.165) is 21.5 Å². The van der Waals surface area contributed by atoms with Gasteiger partial charge in [-0.25, -0.2) is 0 Å². The van der Waals surface area contributed by atoms with Crippen molar-refractivity contribution in [1.82, 2.24) is 0 Å². The topological polar surface area (TPSA) is 80.1 Å². The summed E-state index contributed by atoms with van der Waals surface area (Å²) in [7, 11) is -6.40. The molecule has 0 saturated carbocycles. The summed E-state index contributed by atoms with van der Waals surface area (Å²) in [4.78, 5) is 0. The lowest BCUT2D eigenvalue weighted by atomic mass is 10.2. The molecule has 2 rings (SSSR count). The first kappa shape index (κ1) is 30.5. The van der Waals surface area contributed by atoms with E-state index in [1.807, 2.05) is 91.8 Å². The molecule has 0 saturated heterocycles. The van der Waals surface area contributed by atoms with Gasteiger partial charge < -0.3 is 26.6 Å². The molecule has 0 amide bonds. The maximum absolute atomic E-state index is 6.17. The summed E-state index contributed by atoms with van der Waals surface area (Å²) in [5.41, 5.74) is 3.41. The van der Waals surface area contributed by atoms with Crippen molar-refractivity contribution in [3.63, 3.8) is 0 Å². The summed E-state index contributed by atoms with van der Waals surface area (Å²) in [6, 6.07) is 11.9. The first-order valence-electron chi connectivity index (χ1n) is 12.8. The van der Waals surface area contributed by atoms with Crippen LogP contribution in [-0.2, 0) is 26.6 Å². The van der Waals surface area contributed by atoms with E-state index in [4.69, 9.17) is 26.6 Å². The molecule has 36 heavy (non-hydrogen) atoms. The number of aryl methyl sites for hydroxylation is 2. The van der Waals surface area contributed by atoms with E-state index in [9.17, 15) is 0 Å². The standard InChI is InChI=1S/C26H42N2O6Si2/c1-9-29-35(30-10-2,31-11-3)25-19-21(7)15-17-23(25)27-28-24-18-16-22(8)20-26(24)36(32-12-4,33-13-5)34-14-6/h15-20H,9-14H2,1-8H3. The second kappa shape index (κ2) is 14.8. The van der Waals surface area contributed by atoms with Crippen LogP contribution in [0.2, 0.25) is 0 Å². The van der Waals surface area contributed by atoms with Gasteiger partial charge in [-0.2, -0.15) is 10.2 Å². The van der Waals surface area contributed by atoms with E-state index in [2.05, 4.69) is 10.2 Å². The molecule has 0 N–H and O–H groups in total. The molecular formula is C26H42N2O6Si2. The number of benzene rings is 2. The highest BCUT2D eigenvalue weighted by Gasteiger charge is 2.47. The van der Waals surface area contributed by atoms with Crippen molar-refractivity contribution < 1.29 is 26.6 Å².